The number of rotatable bonds is 14. The zero-order valence-electron chi connectivity index (χ0n) is 24.8. The fourth-order valence-electron chi connectivity index (χ4n) is 5.14. The number of carbonyl (C=O) groups excluding carboxylic acids is 1. The molecular weight excluding hydrogens is 702 g/mol. The minimum Gasteiger partial charge on any atom is -0.497 e. The Balaban J connectivity index is 1.47. The van der Waals surface area contributed by atoms with E-state index in [4.69, 9.17) is 24.3 Å². The fraction of sp³-hybridized carbons (Fsp3) is 0.257. The summed E-state index contributed by atoms with van der Waals surface area (Å²) in [5, 5.41) is 9.06. The normalized spacial score (nSPS) is 17.3. The van der Waals surface area contributed by atoms with Crippen molar-refractivity contribution in [2.24, 2.45) is 4.99 Å². The number of methoxy groups -OCH3 is 1. The number of hydrogen-bond donors (Lipinski definition) is 3. The van der Waals surface area contributed by atoms with E-state index in [0.717, 1.165) is 36.9 Å². The predicted molar refractivity (Wildman–Crippen MR) is 182 cm³/mol. The highest BCUT2D eigenvalue weighted by Crippen LogP contribution is 2.43. The van der Waals surface area contributed by atoms with E-state index in [-0.39, 0.29) is 18.9 Å². The Kier molecular flexibility index (Phi) is 11.3. The minimum absolute atomic E-state index is 0.0672. The highest BCUT2D eigenvalue weighted by Gasteiger charge is 2.53. The number of nitrogens with one attached hydrogen (secondary N) is 2. The van der Waals surface area contributed by atoms with Crippen molar-refractivity contribution >= 4 is 43.7 Å². The first kappa shape index (κ1) is 32.7. The van der Waals surface area contributed by atoms with Crippen molar-refractivity contribution in [3.05, 3.63) is 128 Å². The van der Waals surface area contributed by atoms with Crippen molar-refractivity contribution in [1.82, 2.24) is 10.9 Å². The molecule has 2 atom stereocenters. The van der Waals surface area contributed by atoms with E-state index < -0.39 is 11.6 Å². The van der Waals surface area contributed by atoms with E-state index in [0.29, 0.717) is 37.6 Å². The molecule has 3 N–H and O–H groups in total. The van der Waals surface area contributed by atoms with Gasteiger partial charge in [-0.2, -0.15) is 0 Å². The van der Waals surface area contributed by atoms with Crippen LogP contribution in [-0.2, 0) is 22.4 Å². The van der Waals surface area contributed by atoms with Gasteiger partial charge in [-0.3, -0.25) is 10.2 Å². The van der Waals surface area contributed by atoms with E-state index in [1.54, 1.807) is 7.11 Å². The molecular formula is C35H35Br2N3O5. The maximum absolute atomic E-state index is 14.4. The van der Waals surface area contributed by atoms with Crippen molar-refractivity contribution in [3.63, 3.8) is 0 Å². The standard InChI is InChI=1S/C35H35Br2N3O5/c1-43-30-8-4-6-24(22-30)18-19-38-40-34(42)35(23-27-7-2-3-9-31(27)37)32(25-10-14-28(36)15-11-25)45-33(39-35)26-12-16-29(17-13-26)44-21-5-20-41/h2-4,6-17,22,32,38,41H,5,18-21,23H2,1H3,(H,40,42)/t32-,35-/m0/s1. The summed E-state index contributed by atoms with van der Waals surface area (Å²) in [6.07, 6.45) is 0.799. The number of ether oxygens (including phenoxy) is 3. The quantitative estimate of drug-likeness (QED) is 0.103. The monoisotopic (exact) mass is 735 g/mol. The maximum atomic E-state index is 14.4. The highest BCUT2D eigenvalue weighted by atomic mass is 79.9. The number of aliphatic hydroxyl groups excluding tert-OH is 1. The summed E-state index contributed by atoms with van der Waals surface area (Å²) in [5.74, 6) is 1.52. The molecule has 5 rings (SSSR count). The summed E-state index contributed by atoms with van der Waals surface area (Å²) in [4.78, 5) is 19.5. The number of hydrazine groups is 1. The molecule has 0 unspecified atom stereocenters. The Hall–Kier alpha value is -3.70. The molecule has 8 nitrogen and oxygen atoms in total. The Morgan fingerprint density at radius 2 is 1.76 bits per heavy atom. The van der Waals surface area contributed by atoms with Gasteiger partial charge in [-0.25, -0.2) is 10.4 Å². The van der Waals surface area contributed by atoms with Crippen molar-refractivity contribution in [1.29, 1.82) is 0 Å². The summed E-state index contributed by atoms with van der Waals surface area (Å²) in [6, 6.07) is 30.8. The van der Waals surface area contributed by atoms with Crippen molar-refractivity contribution in [3.8, 4) is 11.5 Å². The molecule has 0 spiro atoms. The Morgan fingerprint density at radius 3 is 2.49 bits per heavy atom. The van der Waals surface area contributed by atoms with Crippen LogP contribution in [0.1, 0.15) is 34.8 Å². The third kappa shape index (κ3) is 8.12. The molecule has 1 heterocycles. The molecule has 0 radical (unpaired) electrons. The van der Waals surface area contributed by atoms with Crippen LogP contribution in [0.15, 0.2) is 111 Å². The molecule has 1 aliphatic heterocycles. The molecule has 234 valence electrons. The van der Waals surface area contributed by atoms with E-state index in [9.17, 15) is 4.79 Å². The van der Waals surface area contributed by atoms with Crippen LogP contribution in [0.3, 0.4) is 0 Å². The Morgan fingerprint density at radius 1 is 0.978 bits per heavy atom. The molecule has 1 amide bonds. The van der Waals surface area contributed by atoms with Crippen LogP contribution in [0.5, 0.6) is 11.5 Å². The largest absolute Gasteiger partial charge is 0.497 e. The highest BCUT2D eigenvalue weighted by molar-refractivity contribution is 9.10. The molecule has 0 saturated heterocycles. The van der Waals surface area contributed by atoms with Gasteiger partial charge < -0.3 is 19.3 Å². The van der Waals surface area contributed by atoms with E-state index in [1.165, 1.54) is 0 Å². The summed E-state index contributed by atoms with van der Waals surface area (Å²) >= 11 is 7.20. The SMILES string of the molecule is COc1cccc(CCNNC(=O)[C@@]2(Cc3ccccc3Br)N=C(c3ccc(OCCCO)cc3)O[C@H]2c2ccc(Br)cc2)c1. The summed E-state index contributed by atoms with van der Waals surface area (Å²) in [7, 11) is 1.64. The van der Waals surface area contributed by atoms with Crippen LogP contribution in [0, 0.1) is 0 Å². The first-order valence-electron chi connectivity index (χ1n) is 14.7. The minimum atomic E-state index is -1.34. The van der Waals surface area contributed by atoms with Crippen LogP contribution in [0.4, 0.5) is 0 Å². The second-order valence-corrected chi connectivity index (χ2v) is 12.4. The molecule has 0 saturated carbocycles. The number of hydrogen-bond acceptors (Lipinski definition) is 7. The molecule has 0 fully saturated rings. The van der Waals surface area contributed by atoms with Crippen LogP contribution in [0.25, 0.3) is 0 Å². The van der Waals surface area contributed by atoms with Gasteiger partial charge in [0.15, 0.2) is 11.6 Å². The lowest BCUT2D eigenvalue weighted by atomic mass is 9.82. The van der Waals surface area contributed by atoms with Crippen molar-refractivity contribution < 1.29 is 24.1 Å². The number of carbonyl (C=O) groups is 1. The topological polar surface area (TPSA) is 101 Å². The van der Waals surface area contributed by atoms with Gasteiger partial charge in [0.05, 0.1) is 13.7 Å². The van der Waals surface area contributed by atoms with E-state index in [1.807, 2.05) is 97.1 Å². The zero-order valence-corrected chi connectivity index (χ0v) is 28.0. The number of nitrogens with zero attached hydrogens (tertiary/aromatic N) is 1. The van der Waals surface area contributed by atoms with Gasteiger partial charge in [-0.05, 0) is 77.7 Å². The Bertz CT molecular complexity index is 1610. The lowest BCUT2D eigenvalue weighted by molar-refractivity contribution is -0.130. The number of benzene rings is 4. The van der Waals surface area contributed by atoms with Gasteiger partial charge in [-0.15, -0.1) is 0 Å². The van der Waals surface area contributed by atoms with Gasteiger partial charge in [0.2, 0.25) is 5.90 Å². The number of halogens is 2. The van der Waals surface area contributed by atoms with Crippen molar-refractivity contribution in [2.45, 2.75) is 30.9 Å². The number of amides is 1. The third-order valence-electron chi connectivity index (χ3n) is 7.50. The second kappa shape index (κ2) is 15.5. The van der Waals surface area contributed by atoms with Crippen LogP contribution in [-0.4, -0.2) is 49.3 Å². The molecule has 4 aromatic rings. The van der Waals surface area contributed by atoms with Crippen LogP contribution >= 0.6 is 31.9 Å². The van der Waals surface area contributed by atoms with E-state index in [2.05, 4.69) is 42.7 Å². The molecule has 0 aromatic heterocycles. The number of aliphatic imine (C=N–C) groups is 1. The van der Waals surface area contributed by atoms with Crippen LogP contribution < -0.4 is 20.3 Å². The van der Waals surface area contributed by atoms with Gasteiger partial charge in [0, 0.05) is 40.5 Å². The van der Waals surface area contributed by atoms with Crippen molar-refractivity contribution in [2.75, 3.05) is 26.9 Å². The summed E-state index contributed by atoms with van der Waals surface area (Å²) in [6.45, 7) is 0.985. The average Bonchev–Trinajstić information content (AvgIpc) is 3.45. The molecule has 1 aliphatic rings. The van der Waals surface area contributed by atoms with E-state index >= 15 is 0 Å². The first-order valence-corrected chi connectivity index (χ1v) is 16.3. The second-order valence-electron chi connectivity index (χ2n) is 10.6. The smallest absolute Gasteiger partial charge is 0.266 e. The van der Waals surface area contributed by atoms with Gasteiger partial charge in [0.25, 0.3) is 5.91 Å². The lowest BCUT2D eigenvalue weighted by Crippen LogP contribution is -2.54. The molecule has 4 aromatic carbocycles. The van der Waals surface area contributed by atoms with Crippen LogP contribution in [0.2, 0.25) is 0 Å². The number of aliphatic hydroxyl groups is 1. The zero-order chi connectivity index (χ0) is 31.6. The molecule has 10 heteroatoms. The molecule has 0 bridgehead atoms. The summed E-state index contributed by atoms with van der Waals surface area (Å²) < 4.78 is 19.5. The summed E-state index contributed by atoms with van der Waals surface area (Å²) in [5.41, 5.74) is 8.28. The van der Waals surface area contributed by atoms with Gasteiger partial charge in [-0.1, -0.05) is 74.3 Å². The van der Waals surface area contributed by atoms with Gasteiger partial charge >= 0.3 is 0 Å². The lowest BCUT2D eigenvalue weighted by Gasteiger charge is -2.31. The fourth-order valence-corrected chi connectivity index (χ4v) is 5.83. The molecule has 45 heavy (non-hydrogen) atoms. The van der Waals surface area contributed by atoms with Gasteiger partial charge in [0.1, 0.15) is 11.5 Å². The maximum Gasteiger partial charge on any atom is 0.266 e. The third-order valence-corrected chi connectivity index (χ3v) is 8.80. The average molecular weight is 737 g/mol. The Labute approximate surface area is 280 Å². The predicted octanol–water partition coefficient (Wildman–Crippen LogP) is 6.34. The first-order chi connectivity index (χ1) is 21.9. The molecule has 0 aliphatic carbocycles.